The summed E-state index contributed by atoms with van der Waals surface area (Å²) in [6.07, 6.45) is 5.23. The molecule has 13 heavy (non-hydrogen) atoms. The van der Waals surface area contributed by atoms with Gasteiger partial charge in [-0.3, -0.25) is 0 Å². The molecule has 0 aliphatic rings. The van der Waals surface area contributed by atoms with E-state index in [1.807, 2.05) is 36.2 Å². The molecule has 0 fully saturated rings. The summed E-state index contributed by atoms with van der Waals surface area (Å²) >= 11 is 0. The van der Waals surface area contributed by atoms with Crippen molar-refractivity contribution in [1.29, 1.82) is 0 Å². The van der Waals surface area contributed by atoms with E-state index in [1.165, 1.54) is 0 Å². The number of ether oxygens (including phenoxy) is 1. The van der Waals surface area contributed by atoms with Crippen molar-refractivity contribution in [3.8, 4) is 18.1 Å². The molecule has 1 aromatic carbocycles. The second-order valence-corrected chi connectivity index (χ2v) is 2.73. The van der Waals surface area contributed by atoms with Gasteiger partial charge in [0.15, 0.2) is 0 Å². The van der Waals surface area contributed by atoms with Crippen molar-refractivity contribution < 1.29 is 4.74 Å². The zero-order valence-corrected chi connectivity index (χ0v) is 7.95. The summed E-state index contributed by atoms with van der Waals surface area (Å²) in [4.78, 5) is 1.97. The van der Waals surface area contributed by atoms with E-state index in [9.17, 15) is 0 Å². The molecule has 0 saturated carbocycles. The van der Waals surface area contributed by atoms with Crippen LogP contribution in [0.2, 0.25) is 0 Å². The monoisotopic (exact) mass is 175 g/mol. The number of hydrogen-bond donors (Lipinski definition) is 0. The van der Waals surface area contributed by atoms with E-state index < -0.39 is 0 Å². The Morgan fingerprint density at radius 2 is 2.15 bits per heavy atom. The Labute approximate surface area is 79.1 Å². The van der Waals surface area contributed by atoms with Crippen LogP contribution < -0.4 is 9.64 Å². The van der Waals surface area contributed by atoms with Crippen LogP contribution in [0.5, 0.6) is 5.75 Å². The number of benzene rings is 1. The zero-order valence-electron chi connectivity index (χ0n) is 7.95. The van der Waals surface area contributed by atoms with E-state index in [4.69, 9.17) is 11.2 Å². The normalized spacial score (nSPS) is 9.00. The summed E-state index contributed by atoms with van der Waals surface area (Å²) in [7, 11) is 3.60. The number of methoxy groups -OCH3 is 1. The van der Waals surface area contributed by atoms with Crippen molar-refractivity contribution in [2.24, 2.45) is 0 Å². The minimum atomic E-state index is 0.584. The van der Waals surface area contributed by atoms with Gasteiger partial charge in [0, 0.05) is 7.05 Å². The number of nitrogens with zero attached hydrogens (tertiary/aromatic N) is 1. The second-order valence-electron chi connectivity index (χ2n) is 2.73. The summed E-state index contributed by atoms with van der Waals surface area (Å²) in [6.45, 7) is 0.584. The Balaban J connectivity index is 2.93. The van der Waals surface area contributed by atoms with Gasteiger partial charge >= 0.3 is 0 Å². The fourth-order valence-corrected chi connectivity index (χ4v) is 1.17. The van der Waals surface area contributed by atoms with Crippen LogP contribution in [0.25, 0.3) is 0 Å². The molecule has 0 saturated heterocycles. The average molecular weight is 175 g/mol. The van der Waals surface area contributed by atoms with Crippen molar-refractivity contribution in [2.45, 2.75) is 0 Å². The second kappa shape index (κ2) is 4.42. The van der Waals surface area contributed by atoms with Gasteiger partial charge in [-0.1, -0.05) is 18.1 Å². The molecule has 0 radical (unpaired) electrons. The predicted molar refractivity (Wildman–Crippen MR) is 55.1 cm³/mol. The number of para-hydroxylation sites is 2. The molecule has 0 heterocycles. The Bertz CT molecular complexity index is 314. The third-order valence-corrected chi connectivity index (χ3v) is 1.82. The smallest absolute Gasteiger partial charge is 0.142 e. The van der Waals surface area contributed by atoms with Crippen LogP contribution in [0.1, 0.15) is 0 Å². The molecule has 0 aromatic heterocycles. The Morgan fingerprint density at radius 3 is 2.77 bits per heavy atom. The Kier molecular flexibility index (Phi) is 3.22. The maximum Gasteiger partial charge on any atom is 0.142 e. The van der Waals surface area contributed by atoms with Crippen molar-refractivity contribution in [1.82, 2.24) is 0 Å². The first-order valence-corrected chi connectivity index (χ1v) is 4.07. The quantitative estimate of drug-likeness (QED) is 0.649. The SMILES string of the molecule is C#CCN(C)c1ccccc1OC. The minimum absolute atomic E-state index is 0.584. The number of terminal acetylenes is 1. The molecule has 2 nitrogen and oxygen atoms in total. The predicted octanol–water partition coefficient (Wildman–Crippen LogP) is 1.76. The molecule has 0 bridgehead atoms. The molecule has 0 atom stereocenters. The molecule has 1 aromatic rings. The van der Waals surface area contributed by atoms with Gasteiger partial charge in [-0.05, 0) is 12.1 Å². The van der Waals surface area contributed by atoms with Gasteiger partial charge < -0.3 is 9.64 Å². The molecule has 0 amide bonds. The van der Waals surface area contributed by atoms with Crippen LogP contribution in [-0.2, 0) is 0 Å². The third-order valence-electron chi connectivity index (χ3n) is 1.82. The topological polar surface area (TPSA) is 12.5 Å². The van der Waals surface area contributed by atoms with Crippen LogP contribution in [0.3, 0.4) is 0 Å². The van der Waals surface area contributed by atoms with Gasteiger partial charge in [-0.2, -0.15) is 0 Å². The largest absolute Gasteiger partial charge is 0.495 e. The van der Waals surface area contributed by atoms with E-state index in [0.29, 0.717) is 6.54 Å². The summed E-state index contributed by atoms with van der Waals surface area (Å²) in [5.41, 5.74) is 1.02. The summed E-state index contributed by atoms with van der Waals surface area (Å²) < 4.78 is 5.20. The van der Waals surface area contributed by atoms with E-state index in [2.05, 4.69) is 5.92 Å². The Morgan fingerprint density at radius 1 is 1.46 bits per heavy atom. The van der Waals surface area contributed by atoms with Crippen LogP contribution in [0, 0.1) is 12.3 Å². The first-order valence-electron chi connectivity index (χ1n) is 4.07. The molecule has 0 N–H and O–H groups in total. The number of hydrogen-bond acceptors (Lipinski definition) is 2. The lowest BCUT2D eigenvalue weighted by Crippen LogP contribution is -2.17. The van der Waals surface area contributed by atoms with Crippen molar-refractivity contribution in [3.05, 3.63) is 24.3 Å². The molecule has 0 unspecified atom stereocenters. The molecule has 1 rings (SSSR count). The van der Waals surface area contributed by atoms with Gasteiger partial charge in [-0.15, -0.1) is 6.42 Å². The molecule has 0 aliphatic carbocycles. The standard InChI is InChI=1S/C11H13NO/c1-4-9-12(2)10-7-5-6-8-11(10)13-3/h1,5-8H,9H2,2-3H3. The van der Waals surface area contributed by atoms with Gasteiger partial charge in [0.1, 0.15) is 5.75 Å². The third kappa shape index (κ3) is 2.16. The van der Waals surface area contributed by atoms with Crippen molar-refractivity contribution >= 4 is 5.69 Å². The lowest BCUT2D eigenvalue weighted by Gasteiger charge is -2.18. The van der Waals surface area contributed by atoms with Gasteiger partial charge in [-0.25, -0.2) is 0 Å². The maximum absolute atomic E-state index is 5.23. The number of rotatable bonds is 3. The molecular weight excluding hydrogens is 162 g/mol. The molecule has 2 heteroatoms. The Hall–Kier alpha value is -1.62. The summed E-state index contributed by atoms with van der Waals surface area (Å²) in [5, 5.41) is 0. The lowest BCUT2D eigenvalue weighted by atomic mass is 10.2. The van der Waals surface area contributed by atoms with Crippen LogP contribution in [0.15, 0.2) is 24.3 Å². The fourth-order valence-electron chi connectivity index (χ4n) is 1.17. The summed E-state index contributed by atoms with van der Waals surface area (Å²) in [6, 6.07) is 7.80. The van der Waals surface area contributed by atoms with E-state index >= 15 is 0 Å². The molecule has 0 aliphatic heterocycles. The van der Waals surface area contributed by atoms with Crippen molar-refractivity contribution in [3.63, 3.8) is 0 Å². The van der Waals surface area contributed by atoms with Crippen LogP contribution in [-0.4, -0.2) is 20.7 Å². The first kappa shape index (κ1) is 9.47. The van der Waals surface area contributed by atoms with Gasteiger partial charge in [0.25, 0.3) is 0 Å². The highest BCUT2D eigenvalue weighted by Crippen LogP contribution is 2.25. The number of anilines is 1. The van der Waals surface area contributed by atoms with Gasteiger partial charge in [0.2, 0.25) is 0 Å². The van der Waals surface area contributed by atoms with Gasteiger partial charge in [0.05, 0.1) is 19.3 Å². The first-order chi connectivity index (χ1) is 6.29. The average Bonchev–Trinajstić information content (AvgIpc) is 2.18. The molecule has 0 spiro atoms. The van der Waals surface area contributed by atoms with E-state index in [-0.39, 0.29) is 0 Å². The van der Waals surface area contributed by atoms with E-state index in [0.717, 1.165) is 11.4 Å². The minimum Gasteiger partial charge on any atom is -0.495 e. The lowest BCUT2D eigenvalue weighted by molar-refractivity contribution is 0.415. The highest BCUT2D eigenvalue weighted by Gasteiger charge is 2.04. The van der Waals surface area contributed by atoms with Crippen molar-refractivity contribution in [2.75, 3.05) is 25.6 Å². The zero-order chi connectivity index (χ0) is 9.68. The summed E-state index contributed by atoms with van der Waals surface area (Å²) in [5.74, 6) is 3.44. The highest BCUT2D eigenvalue weighted by molar-refractivity contribution is 5.58. The maximum atomic E-state index is 5.23. The molecule has 68 valence electrons. The van der Waals surface area contributed by atoms with E-state index in [1.54, 1.807) is 7.11 Å². The highest BCUT2D eigenvalue weighted by atomic mass is 16.5. The van der Waals surface area contributed by atoms with Crippen LogP contribution in [0.4, 0.5) is 5.69 Å². The fraction of sp³-hybridized carbons (Fsp3) is 0.273. The molecular formula is C11H13NO. The van der Waals surface area contributed by atoms with Crippen LogP contribution >= 0.6 is 0 Å².